The first kappa shape index (κ1) is 19.0. The van der Waals surface area contributed by atoms with Gasteiger partial charge in [0.15, 0.2) is 0 Å². The number of halogens is 1. The Labute approximate surface area is 159 Å². The maximum atomic E-state index is 13.2. The number of para-hydroxylation sites is 1. The van der Waals surface area contributed by atoms with Gasteiger partial charge in [0.2, 0.25) is 5.69 Å². The summed E-state index contributed by atoms with van der Waals surface area (Å²) in [6, 6.07) is 13.7. The van der Waals surface area contributed by atoms with E-state index >= 15 is 0 Å². The van der Waals surface area contributed by atoms with Crippen LogP contribution in [0, 0.1) is 5.82 Å². The van der Waals surface area contributed by atoms with Crippen molar-refractivity contribution >= 4 is 11.6 Å². The molecule has 0 saturated carbocycles. The van der Waals surface area contributed by atoms with Gasteiger partial charge in [0, 0.05) is 19.3 Å². The molecule has 8 heteroatoms. The van der Waals surface area contributed by atoms with Crippen LogP contribution in [0.5, 0.6) is 0 Å². The van der Waals surface area contributed by atoms with Crippen LogP contribution in [0.4, 0.5) is 10.1 Å². The molecule has 0 aliphatic heterocycles. The van der Waals surface area contributed by atoms with Crippen molar-refractivity contribution in [3.05, 3.63) is 99.6 Å². The Balaban J connectivity index is 2.16. The molecule has 0 unspecified atom stereocenters. The lowest BCUT2D eigenvalue weighted by Crippen LogP contribution is -2.45. The molecule has 0 aliphatic carbocycles. The number of benzene rings is 2. The summed E-state index contributed by atoms with van der Waals surface area (Å²) in [5.74, 6) is -1.17. The minimum Gasteiger partial charge on any atom is -0.303 e. The van der Waals surface area contributed by atoms with Crippen LogP contribution in [-0.4, -0.2) is 26.8 Å². The normalized spacial score (nSPS) is 10.5. The average Bonchev–Trinajstić information content (AvgIpc) is 2.71. The van der Waals surface area contributed by atoms with Crippen LogP contribution in [0.25, 0.3) is 5.69 Å². The van der Waals surface area contributed by atoms with Gasteiger partial charge in [-0.05, 0) is 36.4 Å². The number of rotatable bonds is 5. The zero-order chi connectivity index (χ0) is 20.3. The monoisotopic (exact) mass is 380 g/mol. The summed E-state index contributed by atoms with van der Waals surface area (Å²) in [4.78, 5) is 39.4. The second kappa shape index (κ2) is 7.83. The molecule has 0 fully saturated rings. The van der Waals surface area contributed by atoms with Gasteiger partial charge in [-0.15, -0.1) is 6.58 Å². The summed E-state index contributed by atoms with van der Waals surface area (Å²) in [6.45, 7) is 3.78. The summed E-state index contributed by atoms with van der Waals surface area (Å²) in [5, 5.41) is 3.98. The highest BCUT2D eigenvalue weighted by atomic mass is 19.1. The number of carbonyl (C=O) groups is 1. The van der Waals surface area contributed by atoms with Crippen LogP contribution in [-0.2, 0) is 7.05 Å². The second-order valence-electron chi connectivity index (χ2n) is 5.92. The molecule has 3 aromatic rings. The maximum Gasteiger partial charge on any atom is 0.351 e. The van der Waals surface area contributed by atoms with Crippen molar-refractivity contribution in [1.29, 1.82) is 0 Å². The molecule has 0 saturated heterocycles. The molecular weight excluding hydrogens is 363 g/mol. The number of hydrogen-bond donors (Lipinski definition) is 0. The van der Waals surface area contributed by atoms with Crippen molar-refractivity contribution in [2.45, 2.75) is 0 Å². The topological polar surface area (TPSA) is 77.2 Å². The SMILES string of the molecule is C=CCN(C(=O)c1nn(-c2ccc(F)cc2)c(=O)n(C)c1=O)c1ccccc1. The predicted molar refractivity (Wildman–Crippen MR) is 103 cm³/mol. The second-order valence-corrected chi connectivity index (χ2v) is 5.92. The fourth-order valence-electron chi connectivity index (χ4n) is 2.63. The fraction of sp³-hybridized carbons (Fsp3) is 0.100. The van der Waals surface area contributed by atoms with Crippen LogP contribution in [0.1, 0.15) is 10.5 Å². The lowest BCUT2D eigenvalue weighted by molar-refractivity contribution is 0.0980. The van der Waals surface area contributed by atoms with Gasteiger partial charge in [0.1, 0.15) is 5.82 Å². The van der Waals surface area contributed by atoms with E-state index in [1.807, 2.05) is 0 Å². The number of anilines is 1. The van der Waals surface area contributed by atoms with Gasteiger partial charge in [-0.1, -0.05) is 24.3 Å². The summed E-state index contributed by atoms with van der Waals surface area (Å²) in [7, 11) is 1.25. The van der Waals surface area contributed by atoms with E-state index in [0.717, 1.165) is 21.4 Å². The number of aromatic nitrogens is 3. The minimum atomic E-state index is -0.821. The summed E-state index contributed by atoms with van der Waals surface area (Å²) < 4.78 is 14.9. The molecule has 142 valence electrons. The molecule has 0 bridgehead atoms. The molecule has 0 atom stereocenters. The van der Waals surface area contributed by atoms with E-state index in [4.69, 9.17) is 0 Å². The quantitative estimate of drug-likeness (QED) is 0.634. The molecule has 1 amide bonds. The number of amides is 1. The lowest BCUT2D eigenvalue weighted by atomic mass is 10.2. The van der Waals surface area contributed by atoms with Gasteiger partial charge in [-0.3, -0.25) is 14.2 Å². The zero-order valence-electron chi connectivity index (χ0n) is 15.1. The summed E-state index contributed by atoms with van der Waals surface area (Å²) in [5.41, 5.74) is -1.22. The largest absolute Gasteiger partial charge is 0.351 e. The van der Waals surface area contributed by atoms with Gasteiger partial charge in [-0.2, -0.15) is 9.78 Å². The van der Waals surface area contributed by atoms with E-state index < -0.39 is 28.7 Å². The Bertz CT molecular complexity index is 1130. The fourth-order valence-corrected chi connectivity index (χ4v) is 2.63. The number of nitrogens with zero attached hydrogens (tertiary/aromatic N) is 4. The van der Waals surface area contributed by atoms with E-state index in [9.17, 15) is 18.8 Å². The van der Waals surface area contributed by atoms with Crippen molar-refractivity contribution in [2.75, 3.05) is 11.4 Å². The first-order valence-corrected chi connectivity index (χ1v) is 8.38. The minimum absolute atomic E-state index is 0.142. The Morgan fingerprint density at radius 3 is 2.39 bits per heavy atom. The molecule has 0 N–H and O–H groups in total. The smallest absolute Gasteiger partial charge is 0.303 e. The first-order chi connectivity index (χ1) is 13.4. The van der Waals surface area contributed by atoms with Crippen molar-refractivity contribution in [3.63, 3.8) is 0 Å². The summed E-state index contributed by atoms with van der Waals surface area (Å²) >= 11 is 0. The lowest BCUT2D eigenvalue weighted by Gasteiger charge is -2.21. The van der Waals surface area contributed by atoms with E-state index in [1.54, 1.807) is 30.3 Å². The third-order valence-corrected chi connectivity index (χ3v) is 4.07. The molecule has 3 rings (SSSR count). The molecule has 28 heavy (non-hydrogen) atoms. The van der Waals surface area contributed by atoms with Crippen LogP contribution in [0.2, 0.25) is 0 Å². The molecule has 0 aliphatic rings. The standard InChI is InChI=1S/C20H17FN4O3/c1-3-13-24(15-7-5-4-6-8-15)19(27)17-18(26)23(2)20(28)25(22-17)16-11-9-14(21)10-12-16/h3-12H,1,13H2,2H3. The molecule has 0 spiro atoms. The Hall–Kier alpha value is -3.81. The molecule has 7 nitrogen and oxygen atoms in total. The van der Waals surface area contributed by atoms with Crippen molar-refractivity contribution in [2.24, 2.45) is 7.05 Å². The maximum absolute atomic E-state index is 13.2. The number of carbonyl (C=O) groups excluding carboxylic acids is 1. The van der Waals surface area contributed by atoms with Crippen LogP contribution in [0.15, 0.2) is 76.8 Å². The highest BCUT2D eigenvalue weighted by Crippen LogP contribution is 2.15. The van der Waals surface area contributed by atoms with Crippen molar-refractivity contribution in [1.82, 2.24) is 14.3 Å². The highest BCUT2D eigenvalue weighted by molar-refractivity contribution is 6.04. The predicted octanol–water partition coefficient (Wildman–Crippen LogP) is 1.90. The molecule has 1 aromatic heterocycles. The van der Waals surface area contributed by atoms with Crippen molar-refractivity contribution in [3.8, 4) is 5.69 Å². The third kappa shape index (κ3) is 3.52. The van der Waals surface area contributed by atoms with Gasteiger partial charge in [0.05, 0.1) is 5.69 Å². The third-order valence-electron chi connectivity index (χ3n) is 4.07. The van der Waals surface area contributed by atoms with Gasteiger partial charge >= 0.3 is 5.69 Å². The van der Waals surface area contributed by atoms with E-state index in [1.165, 1.54) is 30.2 Å². The van der Waals surface area contributed by atoms with Gasteiger partial charge < -0.3 is 4.90 Å². The van der Waals surface area contributed by atoms with Crippen molar-refractivity contribution < 1.29 is 9.18 Å². The van der Waals surface area contributed by atoms with Crippen LogP contribution < -0.4 is 16.1 Å². The first-order valence-electron chi connectivity index (χ1n) is 8.38. The summed E-state index contributed by atoms with van der Waals surface area (Å²) in [6.07, 6.45) is 1.52. The molecule has 0 radical (unpaired) electrons. The van der Waals surface area contributed by atoms with Crippen LogP contribution in [0.3, 0.4) is 0 Å². The average molecular weight is 380 g/mol. The van der Waals surface area contributed by atoms with E-state index in [2.05, 4.69) is 11.7 Å². The van der Waals surface area contributed by atoms with Crippen LogP contribution >= 0.6 is 0 Å². The number of hydrogen-bond acceptors (Lipinski definition) is 4. The molecular formula is C20H17FN4O3. The molecule has 2 aromatic carbocycles. The Morgan fingerprint density at radius 1 is 1.14 bits per heavy atom. The molecule has 1 heterocycles. The zero-order valence-corrected chi connectivity index (χ0v) is 15.1. The van der Waals surface area contributed by atoms with E-state index in [0.29, 0.717) is 5.69 Å². The van der Waals surface area contributed by atoms with E-state index in [-0.39, 0.29) is 12.2 Å². The Kier molecular flexibility index (Phi) is 5.30. The van der Waals surface area contributed by atoms with Gasteiger partial charge in [-0.25, -0.2) is 9.18 Å². The van der Waals surface area contributed by atoms with Gasteiger partial charge in [0.25, 0.3) is 11.5 Å². The highest BCUT2D eigenvalue weighted by Gasteiger charge is 2.24. The Morgan fingerprint density at radius 2 is 1.79 bits per heavy atom.